The number of carbonyl (C=O) groups is 1. The van der Waals surface area contributed by atoms with Crippen LogP contribution in [-0.4, -0.2) is 16.6 Å². The van der Waals surface area contributed by atoms with E-state index in [0.717, 1.165) is 43.9 Å². The van der Waals surface area contributed by atoms with Gasteiger partial charge in [0.05, 0.1) is 11.3 Å². The quantitative estimate of drug-likeness (QED) is 0.658. The third-order valence-corrected chi connectivity index (χ3v) is 5.37. The Morgan fingerprint density at radius 1 is 0.960 bits per heavy atom. The van der Waals surface area contributed by atoms with Crippen molar-refractivity contribution in [3.05, 3.63) is 64.7 Å². The van der Waals surface area contributed by atoms with E-state index < -0.39 is 0 Å². The van der Waals surface area contributed by atoms with Gasteiger partial charge in [-0.1, -0.05) is 48.2 Å². The molecule has 3 aromatic rings. The molecule has 0 radical (unpaired) electrons. The second-order valence-corrected chi connectivity index (χ2v) is 7.32. The fraction of sp³-hybridized carbons (Fsp3) is 0.238. The minimum atomic E-state index is -0.00604. The molecule has 0 bridgehead atoms. The highest BCUT2D eigenvalue weighted by atomic mass is 32.2. The van der Waals surface area contributed by atoms with Crippen LogP contribution < -0.4 is 5.32 Å². The maximum Gasteiger partial charge on any atom is 0.234 e. The predicted molar refractivity (Wildman–Crippen MR) is 106 cm³/mol. The number of thioether (sulfide) groups is 1. The molecule has 1 heterocycles. The van der Waals surface area contributed by atoms with Crippen LogP contribution in [0.2, 0.25) is 0 Å². The standard InChI is InChI=1S/C21H22N2OS/c1-13-7-5-8-14(2)19(13)22-18(24)12-25-21-16(4)11-17-10-6-9-15(3)20(17)23-21/h5-11H,12H2,1-4H3,(H,22,24). The van der Waals surface area contributed by atoms with Crippen LogP contribution in [0.25, 0.3) is 10.9 Å². The Balaban J connectivity index is 1.75. The highest BCUT2D eigenvalue weighted by Gasteiger charge is 2.11. The summed E-state index contributed by atoms with van der Waals surface area (Å²) in [6, 6.07) is 14.3. The number of aromatic nitrogens is 1. The van der Waals surface area contributed by atoms with Gasteiger partial charge < -0.3 is 5.32 Å². The van der Waals surface area contributed by atoms with Gasteiger partial charge in [-0.25, -0.2) is 4.98 Å². The van der Waals surface area contributed by atoms with Crippen molar-refractivity contribution in [1.82, 2.24) is 4.98 Å². The van der Waals surface area contributed by atoms with Gasteiger partial charge in [-0.2, -0.15) is 0 Å². The molecule has 0 fully saturated rings. The van der Waals surface area contributed by atoms with Crippen LogP contribution in [0, 0.1) is 27.7 Å². The highest BCUT2D eigenvalue weighted by Crippen LogP contribution is 2.26. The first kappa shape index (κ1) is 17.5. The number of fused-ring (bicyclic) bond motifs is 1. The number of amides is 1. The molecule has 0 saturated heterocycles. The monoisotopic (exact) mass is 350 g/mol. The number of hydrogen-bond donors (Lipinski definition) is 1. The van der Waals surface area contributed by atoms with Crippen molar-refractivity contribution >= 4 is 34.3 Å². The molecular weight excluding hydrogens is 328 g/mol. The summed E-state index contributed by atoms with van der Waals surface area (Å²) in [5, 5.41) is 5.09. The van der Waals surface area contributed by atoms with E-state index in [1.54, 1.807) is 0 Å². The van der Waals surface area contributed by atoms with Crippen molar-refractivity contribution in [2.45, 2.75) is 32.7 Å². The molecule has 2 aromatic carbocycles. The molecule has 0 spiro atoms. The summed E-state index contributed by atoms with van der Waals surface area (Å²) in [5.41, 5.74) is 6.32. The number of carbonyl (C=O) groups excluding carboxylic acids is 1. The third-order valence-electron chi connectivity index (χ3n) is 4.28. The summed E-state index contributed by atoms with van der Waals surface area (Å²) in [6.07, 6.45) is 0. The molecule has 1 amide bonds. The summed E-state index contributed by atoms with van der Waals surface area (Å²) < 4.78 is 0. The Bertz CT molecular complexity index is 930. The van der Waals surface area contributed by atoms with Crippen molar-refractivity contribution in [3.63, 3.8) is 0 Å². The van der Waals surface area contributed by atoms with Gasteiger partial charge in [0.25, 0.3) is 0 Å². The fourth-order valence-corrected chi connectivity index (χ4v) is 3.69. The van der Waals surface area contributed by atoms with E-state index in [4.69, 9.17) is 4.98 Å². The molecule has 3 rings (SSSR count). The van der Waals surface area contributed by atoms with E-state index in [1.807, 2.05) is 45.0 Å². The second kappa shape index (κ2) is 7.28. The largest absolute Gasteiger partial charge is 0.325 e. The van der Waals surface area contributed by atoms with Gasteiger partial charge in [-0.05, 0) is 56.0 Å². The number of pyridine rings is 1. The lowest BCUT2D eigenvalue weighted by Gasteiger charge is -2.12. The van der Waals surface area contributed by atoms with Gasteiger partial charge in [0.2, 0.25) is 5.91 Å². The number of nitrogens with zero attached hydrogens (tertiary/aromatic N) is 1. The van der Waals surface area contributed by atoms with Crippen LogP contribution in [0.1, 0.15) is 22.3 Å². The zero-order valence-corrected chi connectivity index (χ0v) is 15.8. The number of rotatable bonds is 4. The first-order chi connectivity index (χ1) is 12.0. The summed E-state index contributed by atoms with van der Waals surface area (Å²) in [4.78, 5) is 17.1. The predicted octanol–water partition coefficient (Wildman–Crippen LogP) is 5.20. The number of nitrogens with one attached hydrogen (secondary N) is 1. The van der Waals surface area contributed by atoms with Gasteiger partial charge in [-0.15, -0.1) is 0 Å². The molecule has 0 saturated carbocycles. The van der Waals surface area contributed by atoms with Crippen molar-refractivity contribution in [1.29, 1.82) is 0 Å². The van der Waals surface area contributed by atoms with Crippen molar-refractivity contribution < 1.29 is 4.79 Å². The molecule has 4 heteroatoms. The SMILES string of the molecule is Cc1cc2cccc(C)c2nc1SCC(=O)Nc1c(C)cccc1C. The topological polar surface area (TPSA) is 42.0 Å². The average molecular weight is 350 g/mol. The van der Waals surface area contributed by atoms with Crippen LogP contribution in [0.4, 0.5) is 5.69 Å². The molecule has 0 unspecified atom stereocenters. The fourth-order valence-electron chi connectivity index (χ4n) is 2.90. The molecule has 0 aliphatic rings. The van der Waals surface area contributed by atoms with E-state index in [-0.39, 0.29) is 5.91 Å². The molecular formula is C21H22N2OS. The molecule has 1 N–H and O–H groups in total. The Hall–Kier alpha value is -2.33. The van der Waals surface area contributed by atoms with E-state index in [9.17, 15) is 4.79 Å². The summed E-state index contributed by atoms with van der Waals surface area (Å²) in [7, 11) is 0. The number of aryl methyl sites for hydroxylation is 4. The van der Waals surface area contributed by atoms with Crippen LogP contribution in [0.5, 0.6) is 0 Å². The Morgan fingerprint density at radius 3 is 2.32 bits per heavy atom. The zero-order chi connectivity index (χ0) is 18.0. The minimum Gasteiger partial charge on any atom is -0.325 e. The minimum absolute atomic E-state index is 0.00604. The molecule has 128 valence electrons. The van der Waals surface area contributed by atoms with E-state index in [0.29, 0.717) is 5.75 Å². The molecule has 0 aliphatic heterocycles. The second-order valence-electron chi connectivity index (χ2n) is 6.36. The number of benzene rings is 2. The number of hydrogen-bond acceptors (Lipinski definition) is 3. The maximum absolute atomic E-state index is 12.4. The van der Waals surface area contributed by atoms with Gasteiger partial charge in [0, 0.05) is 11.1 Å². The molecule has 0 atom stereocenters. The van der Waals surface area contributed by atoms with Gasteiger partial charge >= 0.3 is 0 Å². The lowest BCUT2D eigenvalue weighted by molar-refractivity contribution is -0.113. The normalized spacial score (nSPS) is 10.9. The Labute approximate surface area is 152 Å². The lowest BCUT2D eigenvalue weighted by atomic mass is 10.1. The van der Waals surface area contributed by atoms with Gasteiger partial charge in [-0.3, -0.25) is 4.79 Å². The van der Waals surface area contributed by atoms with Crippen molar-refractivity contribution in [3.8, 4) is 0 Å². The van der Waals surface area contributed by atoms with Crippen molar-refractivity contribution in [2.75, 3.05) is 11.1 Å². The van der Waals surface area contributed by atoms with Crippen LogP contribution in [0.3, 0.4) is 0 Å². The first-order valence-corrected chi connectivity index (χ1v) is 9.30. The average Bonchev–Trinajstić information content (AvgIpc) is 2.57. The van der Waals surface area contributed by atoms with Crippen molar-refractivity contribution in [2.24, 2.45) is 0 Å². The lowest BCUT2D eigenvalue weighted by Crippen LogP contribution is -2.16. The smallest absolute Gasteiger partial charge is 0.234 e. The van der Waals surface area contributed by atoms with E-state index in [1.165, 1.54) is 11.8 Å². The molecule has 0 aliphatic carbocycles. The highest BCUT2D eigenvalue weighted by molar-refractivity contribution is 8.00. The van der Waals surface area contributed by atoms with Crippen LogP contribution in [-0.2, 0) is 4.79 Å². The maximum atomic E-state index is 12.4. The first-order valence-electron chi connectivity index (χ1n) is 8.31. The Morgan fingerprint density at radius 2 is 1.60 bits per heavy atom. The van der Waals surface area contributed by atoms with E-state index >= 15 is 0 Å². The summed E-state index contributed by atoms with van der Waals surface area (Å²) in [5.74, 6) is 0.340. The van der Waals surface area contributed by atoms with Crippen LogP contribution in [0.15, 0.2) is 47.5 Å². The van der Waals surface area contributed by atoms with Crippen LogP contribution >= 0.6 is 11.8 Å². The molecule has 3 nitrogen and oxygen atoms in total. The number of para-hydroxylation sites is 2. The summed E-state index contributed by atoms with van der Waals surface area (Å²) in [6.45, 7) is 8.12. The molecule has 1 aromatic heterocycles. The number of anilines is 1. The van der Waals surface area contributed by atoms with E-state index in [2.05, 4.69) is 30.4 Å². The van der Waals surface area contributed by atoms with Gasteiger partial charge in [0.1, 0.15) is 5.03 Å². The Kier molecular flexibility index (Phi) is 5.09. The summed E-state index contributed by atoms with van der Waals surface area (Å²) >= 11 is 1.49. The molecule has 25 heavy (non-hydrogen) atoms. The third kappa shape index (κ3) is 3.85. The zero-order valence-electron chi connectivity index (χ0n) is 15.0. The van der Waals surface area contributed by atoms with Gasteiger partial charge in [0.15, 0.2) is 0 Å².